The molecule has 1 aliphatic carbocycles. The molecule has 1 fully saturated rings. The van der Waals surface area contributed by atoms with E-state index in [4.69, 9.17) is 14.1 Å². The van der Waals surface area contributed by atoms with E-state index in [2.05, 4.69) is 104 Å². The number of rotatable bonds is 8. The Morgan fingerprint density at radius 2 is 1.57 bits per heavy atom. The third-order valence-corrected chi connectivity index (χ3v) is 15.1. The predicted octanol–water partition coefficient (Wildman–Crippen LogP) is 5.50. The van der Waals surface area contributed by atoms with E-state index in [0.717, 1.165) is 36.5 Å². The molecule has 0 spiro atoms. The highest BCUT2D eigenvalue weighted by molar-refractivity contribution is 7.13. The minimum Gasteiger partial charge on any atom is -0.444 e. The number of amides is 2. The predicted molar refractivity (Wildman–Crippen MR) is 187 cm³/mol. The molecule has 2 heterocycles. The van der Waals surface area contributed by atoms with Crippen molar-refractivity contribution in [2.24, 2.45) is 5.92 Å². The molecule has 1 aliphatic heterocycles. The van der Waals surface area contributed by atoms with Gasteiger partial charge in [0.05, 0.1) is 11.7 Å². The molecule has 2 amide bonds. The summed E-state index contributed by atoms with van der Waals surface area (Å²) in [4.78, 5) is 34.6. The summed E-state index contributed by atoms with van der Waals surface area (Å²) in [6, 6.07) is 20.8. The van der Waals surface area contributed by atoms with Gasteiger partial charge in [0.1, 0.15) is 5.60 Å². The molecule has 1 saturated carbocycles. The van der Waals surface area contributed by atoms with Gasteiger partial charge in [-0.2, -0.15) is 0 Å². The Balaban J connectivity index is 1.38. The van der Waals surface area contributed by atoms with E-state index < -0.39 is 20.0 Å². The lowest BCUT2D eigenvalue weighted by atomic mass is 9.82. The van der Waals surface area contributed by atoms with Gasteiger partial charge in [0.2, 0.25) is 0 Å². The number of ether oxygens (including phenoxy) is 1. The normalized spacial score (nSPS) is 20.9. The van der Waals surface area contributed by atoms with Crippen LogP contribution in [0, 0.1) is 5.92 Å². The number of alkyl carbamates (subject to hydrolysis) is 1. The van der Waals surface area contributed by atoms with Crippen LogP contribution in [-0.4, -0.2) is 68.1 Å². The fraction of sp³-hybridized carbons (Fsp3) is 0.528. The van der Waals surface area contributed by atoms with Crippen LogP contribution in [-0.2, 0) is 22.1 Å². The first-order valence-corrected chi connectivity index (χ1v) is 19.2. The van der Waals surface area contributed by atoms with Crippen molar-refractivity contribution in [1.29, 1.82) is 0 Å². The molecule has 10 heteroatoms. The Labute approximate surface area is 279 Å². The molecule has 0 bridgehead atoms. The number of fused-ring (bicyclic) bond motifs is 1. The first-order chi connectivity index (χ1) is 21.7. The Hall–Kier alpha value is -3.05. The van der Waals surface area contributed by atoms with E-state index in [0.29, 0.717) is 24.5 Å². The van der Waals surface area contributed by atoms with Gasteiger partial charge in [-0.05, 0) is 68.4 Å². The van der Waals surface area contributed by atoms with Crippen LogP contribution in [0.3, 0.4) is 0 Å². The second kappa shape index (κ2) is 14.0. The SMILES string of the molecule is CN1CCc2nc(C(=O)N[C@H]3C[C@H](CO[Si](c4ccccc4)(c4ccccc4)C(C)(C)C)CCC3NC(=O)OC(C)(C)C)sc2C1. The van der Waals surface area contributed by atoms with Gasteiger partial charge in [0, 0.05) is 37.0 Å². The van der Waals surface area contributed by atoms with Crippen LogP contribution >= 0.6 is 11.3 Å². The number of benzene rings is 2. The highest BCUT2D eigenvalue weighted by atomic mass is 32.1. The molecule has 8 nitrogen and oxygen atoms in total. The maximum absolute atomic E-state index is 13.7. The van der Waals surface area contributed by atoms with Crippen molar-refractivity contribution in [1.82, 2.24) is 20.5 Å². The van der Waals surface area contributed by atoms with Crippen molar-refractivity contribution in [3.8, 4) is 0 Å². The standard InChI is InChI=1S/C36H50N4O4SSi/c1-35(2,3)44-34(42)39-28-19-18-25(22-30(28)37-32(41)33-38-29-20-21-40(7)23-31(29)45-33)24-43-46(36(4,5)6,26-14-10-8-11-15-26)27-16-12-9-13-17-27/h8-17,25,28,30H,18-24H2,1-7H3,(H,37,41)(H,39,42)/t25-,28?,30+/m1/s1. The molecule has 1 aromatic heterocycles. The van der Waals surface area contributed by atoms with Crippen LogP contribution < -0.4 is 21.0 Å². The quantitative estimate of drug-likeness (QED) is 0.310. The van der Waals surface area contributed by atoms with Gasteiger partial charge < -0.3 is 24.7 Å². The van der Waals surface area contributed by atoms with Crippen molar-refractivity contribution in [2.75, 3.05) is 20.2 Å². The monoisotopic (exact) mass is 662 g/mol. The van der Waals surface area contributed by atoms with E-state index in [-0.39, 0.29) is 28.9 Å². The van der Waals surface area contributed by atoms with Crippen molar-refractivity contribution in [3.05, 3.63) is 76.2 Å². The Bertz CT molecular complexity index is 1450. The first-order valence-electron chi connectivity index (χ1n) is 16.5. The molecule has 2 N–H and O–H groups in total. The zero-order valence-electron chi connectivity index (χ0n) is 28.4. The van der Waals surface area contributed by atoms with Crippen LogP contribution in [0.4, 0.5) is 4.79 Å². The van der Waals surface area contributed by atoms with Gasteiger partial charge in [-0.1, -0.05) is 81.4 Å². The zero-order chi connectivity index (χ0) is 33.1. The largest absolute Gasteiger partial charge is 0.444 e. The summed E-state index contributed by atoms with van der Waals surface area (Å²) in [6.07, 6.45) is 2.63. The third kappa shape index (κ3) is 7.90. The molecule has 3 aromatic rings. The number of nitrogens with one attached hydrogen (secondary N) is 2. The summed E-state index contributed by atoms with van der Waals surface area (Å²) in [5.41, 5.74) is 0.411. The molecule has 5 rings (SSSR count). The minimum absolute atomic E-state index is 0.128. The van der Waals surface area contributed by atoms with Gasteiger partial charge in [-0.3, -0.25) is 4.79 Å². The average molecular weight is 663 g/mol. The number of likely N-dealkylation sites (N-methyl/N-ethyl adjacent to an activating group) is 1. The Morgan fingerprint density at radius 3 is 2.15 bits per heavy atom. The summed E-state index contributed by atoms with van der Waals surface area (Å²) in [5, 5.41) is 9.20. The number of hydrogen-bond acceptors (Lipinski definition) is 7. The molecular weight excluding hydrogens is 613 g/mol. The minimum atomic E-state index is -2.71. The van der Waals surface area contributed by atoms with Crippen molar-refractivity contribution >= 4 is 42.0 Å². The lowest BCUT2D eigenvalue weighted by Gasteiger charge is -2.45. The molecule has 248 valence electrons. The molecule has 0 saturated heterocycles. The average Bonchev–Trinajstić information content (AvgIpc) is 3.42. The van der Waals surface area contributed by atoms with Crippen LogP contribution in [0.25, 0.3) is 0 Å². The molecule has 0 radical (unpaired) electrons. The maximum Gasteiger partial charge on any atom is 0.407 e. The maximum atomic E-state index is 13.7. The van der Waals surface area contributed by atoms with Crippen molar-refractivity contribution in [2.45, 2.75) is 96.5 Å². The lowest BCUT2D eigenvalue weighted by molar-refractivity contribution is 0.0455. The molecule has 1 unspecified atom stereocenters. The molecular formula is C36H50N4O4SSi. The van der Waals surface area contributed by atoms with Gasteiger partial charge in [-0.25, -0.2) is 9.78 Å². The number of nitrogens with zero attached hydrogens (tertiary/aromatic N) is 2. The first kappa shape index (κ1) is 34.3. The van der Waals surface area contributed by atoms with Gasteiger partial charge >= 0.3 is 6.09 Å². The Morgan fingerprint density at radius 1 is 0.935 bits per heavy atom. The number of aromatic nitrogens is 1. The van der Waals surface area contributed by atoms with E-state index >= 15 is 0 Å². The number of carbonyl (C=O) groups is 2. The summed E-state index contributed by atoms with van der Waals surface area (Å²) in [7, 11) is -0.621. The molecule has 2 aromatic carbocycles. The highest BCUT2D eigenvalue weighted by Gasteiger charge is 2.50. The summed E-state index contributed by atoms with van der Waals surface area (Å²) >= 11 is 1.48. The van der Waals surface area contributed by atoms with Crippen LogP contribution in [0.15, 0.2) is 60.7 Å². The van der Waals surface area contributed by atoms with E-state index in [1.807, 2.05) is 20.8 Å². The summed E-state index contributed by atoms with van der Waals surface area (Å²) in [6.45, 7) is 14.7. The molecule has 3 atom stereocenters. The second-order valence-corrected chi connectivity index (χ2v) is 20.3. The van der Waals surface area contributed by atoms with Gasteiger partial charge in [-0.15, -0.1) is 11.3 Å². The topological polar surface area (TPSA) is 92.8 Å². The fourth-order valence-electron chi connectivity index (χ4n) is 6.86. The van der Waals surface area contributed by atoms with E-state index in [1.165, 1.54) is 21.7 Å². The fourth-order valence-corrected chi connectivity index (χ4v) is 12.6. The Kier molecular flexibility index (Phi) is 10.4. The second-order valence-electron chi connectivity index (χ2n) is 14.9. The number of carbonyl (C=O) groups excluding carboxylic acids is 2. The molecule has 2 aliphatic rings. The highest BCUT2D eigenvalue weighted by Crippen LogP contribution is 2.38. The zero-order valence-corrected chi connectivity index (χ0v) is 30.2. The number of hydrogen-bond donors (Lipinski definition) is 2. The van der Waals surface area contributed by atoms with Crippen LogP contribution in [0.1, 0.15) is 81.2 Å². The van der Waals surface area contributed by atoms with E-state index in [9.17, 15) is 9.59 Å². The van der Waals surface area contributed by atoms with Crippen LogP contribution in [0.2, 0.25) is 5.04 Å². The molecule has 46 heavy (non-hydrogen) atoms. The number of thiazole rings is 1. The van der Waals surface area contributed by atoms with Crippen LogP contribution in [0.5, 0.6) is 0 Å². The summed E-state index contributed by atoms with van der Waals surface area (Å²) < 4.78 is 12.9. The van der Waals surface area contributed by atoms with Gasteiger partial charge in [0.25, 0.3) is 14.2 Å². The van der Waals surface area contributed by atoms with E-state index in [1.54, 1.807) is 0 Å². The smallest absolute Gasteiger partial charge is 0.407 e. The van der Waals surface area contributed by atoms with Crippen molar-refractivity contribution < 1.29 is 18.8 Å². The van der Waals surface area contributed by atoms with Gasteiger partial charge in [0.15, 0.2) is 5.01 Å². The third-order valence-electron chi connectivity index (χ3n) is 9.05. The lowest BCUT2D eigenvalue weighted by Crippen LogP contribution is -2.67. The van der Waals surface area contributed by atoms with Crippen molar-refractivity contribution in [3.63, 3.8) is 0 Å². The summed E-state index contributed by atoms with van der Waals surface area (Å²) in [5.74, 6) is 0.0124.